The first-order valence-corrected chi connectivity index (χ1v) is 8.15. The van der Waals surface area contributed by atoms with Crippen molar-refractivity contribution in [2.45, 2.75) is 49.5 Å². The maximum Gasteiger partial charge on any atom is 1.00 e. The van der Waals surface area contributed by atoms with Gasteiger partial charge in [-0.05, 0) is 61.3 Å². The summed E-state index contributed by atoms with van der Waals surface area (Å²) in [6.07, 6.45) is 6.50. The molecule has 0 radical (unpaired) electrons. The van der Waals surface area contributed by atoms with Crippen molar-refractivity contribution in [3.05, 3.63) is 48.2 Å². The van der Waals surface area contributed by atoms with Crippen LogP contribution in [0.15, 0.2) is 42.7 Å². The molecule has 3 nitrogen and oxygen atoms in total. The molecule has 4 aliphatic rings. The van der Waals surface area contributed by atoms with E-state index in [0.29, 0.717) is 11.8 Å². The van der Waals surface area contributed by atoms with Crippen LogP contribution in [-0.2, 0) is 14.9 Å². The Hall–Kier alpha value is -0.770. The van der Waals surface area contributed by atoms with Gasteiger partial charge in [-0.25, -0.2) is 0 Å². The number of rotatable bonds is 4. The molecule has 23 heavy (non-hydrogen) atoms. The zero-order chi connectivity index (χ0) is 15.4. The van der Waals surface area contributed by atoms with Gasteiger partial charge in [0.1, 0.15) is 17.3 Å². The van der Waals surface area contributed by atoms with Crippen molar-refractivity contribution in [2.24, 2.45) is 11.8 Å². The van der Waals surface area contributed by atoms with Crippen LogP contribution in [0, 0.1) is 11.8 Å². The number of hydrogen-bond acceptors (Lipinski definition) is 3. The van der Waals surface area contributed by atoms with Crippen LogP contribution in [0.25, 0.3) is 0 Å². The second-order valence-electron chi connectivity index (χ2n) is 7.60. The van der Waals surface area contributed by atoms with Crippen LogP contribution in [0.5, 0.6) is 0 Å². The molecule has 1 aromatic carbocycles. The predicted molar refractivity (Wildman–Crippen MR) is 80.8 cm³/mol. The van der Waals surface area contributed by atoms with E-state index in [2.05, 4.69) is 30.8 Å². The molecule has 2 unspecified atom stereocenters. The van der Waals surface area contributed by atoms with E-state index in [1.807, 2.05) is 6.07 Å². The maximum atomic E-state index is 11.0. The van der Waals surface area contributed by atoms with Crippen LogP contribution >= 0.6 is 0 Å². The fraction of sp³-hybridized carbons (Fsp3) is 0.526. The molecule has 0 spiro atoms. The fourth-order valence-corrected chi connectivity index (χ4v) is 5.73. The quantitative estimate of drug-likeness (QED) is 0.429. The molecule has 4 fully saturated rings. The van der Waals surface area contributed by atoms with E-state index < -0.39 is 5.97 Å². The van der Waals surface area contributed by atoms with Crippen LogP contribution in [-0.4, -0.2) is 11.6 Å². The van der Waals surface area contributed by atoms with Gasteiger partial charge in [-0.1, -0.05) is 36.9 Å². The van der Waals surface area contributed by atoms with Gasteiger partial charge in [-0.15, -0.1) is 0 Å². The summed E-state index contributed by atoms with van der Waals surface area (Å²) in [5.41, 5.74) is 1.19. The number of hydrogen-bond donors (Lipinski definition) is 0. The topological polar surface area (TPSA) is 49.4 Å². The minimum absolute atomic E-state index is 0. The van der Waals surface area contributed by atoms with Gasteiger partial charge in [0, 0.05) is 0 Å². The molecule has 0 amide bonds. The van der Waals surface area contributed by atoms with Crippen molar-refractivity contribution in [1.82, 2.24) is 0 Å². The Labute approximate surface area is 159 Å². The van der Waals surface area contributed by atoms with Gasteiger partial charge in [0.15, 0.2) is 0 Å². The van der Waals surface area contributed by atoms with Gasteiger partial charge in [-0.2, -0.15) is 0 Å². The first-order chi connectivity index (χ1) is 10.5. The number of carboxylic acids is 1. The van der Waals surface area contributed by atoms with Crippen molar-refractivity contribution in [3.8, 4) is 0 Å². The zero-order valence-corrected chi connectivity index (χ0v) is 15.7. The van der Waals surface area contributed by atoms with E-state index in [0.717, 1.165) is 19.3 Å². The van der Waals surface area contributed by atoms with E-state index in [9.17, 15) is 9.90 Å². The number of carbonyl (C=O) groups excluding carboxylic acids is 1. The molecule has 4 aliphatic carbocycles. The molecule has 4 saturated carbocycles. The SMILES string of the molecule is C=C(OC12C[C@H]3C[C@@H](C1)CC(c1ccccc1)(C3)C2)C(=O)[O-].[Na+]. The standard InChI is InChI=1S/C19H22O3.Na/c1-13(17(20)21)22-19-10-14-7-15(11-19)9-18(8-14,12-19)16-5-3-2-4-6-16;/h2-6,14-15H,1,7-12H2,(H,20,21);/q;+1/p-1/t14-,15+,18?,19?;. The van der Waals surface area contributed by atoms with Gasteiger partial charge in [-0.3, -0.25) is 0 Å². The van der Waals surface area contributed by atoms with Gasteiger partial charge in [0.2, 0.25) is 0 Å². The first-order valence-electron chi connectivity index (χ1n) is 8.15. The Morgan fingerprint density at radius 1 is 1.13 bits per heavy atom. The third-order valence-electron chi connectivity index (χ3n) is 5.96. The number of carboxylic acid groups (broad SMARTS) is 1. The van der Waals surface area contributed by atoms with Crippen LogP contribution < -0.4 is 34.7 Å². The van der Waals surface area contributed by atoms with Gasteiger partial charge < -0.3 is 14.6 Å². The van der Waals surface area contributed by atoms with E-state index in [1.54, 1.807) is 0 Å². The summed E-state index contributed by atoms with van der Waals surface area (Å²) in [6, 6.07) is 10.7. The predicted octanol–water partition coefficient (Wildman–Crippen LogP) is -0.439. The van der Waals surface area contributed by atoms with Gasteiger partial charge in [0.25, 0.3) is 0 Å². The summed E-state index contributed by atoms with van der Waals surface area (Å²) >= 11 is 0. The molecule has 0 aliphatic heterocycles. The Morgan fingerprint density at radius 2 is 1.74 bits per heavy atom. The number of benzene rings is 1. The smallest absolute Gasteiger partial charge is 0.542 e. The molecule has 0 N–H and O–H groups in total. The summed E-state index contributed by atoms with van der Waals surface area (Å²) in [5.74, 6) is -0.221. The maximum absolute atomic E-state index is 11.0. The second-order valence-corrected chi connectivity index (χ2v) is 7.60. The van der Waals surface area contributed by atoms with Crippen molar-refractivity contribution in [2.75, 3.05) is 0 Å². The average molecular weight is 320 g/mol. The van der Waals surface area contributed by atoms with Crippen molar-refractivity contribution < 1.29 is 44.2 Å². The van der Waals surface area contributed by atoms with Gasteiger partial charge in [0.05, 0.1) is 0 Å². The summed E-state index contributed by atoms with van der Waals surface area (Å²) in [5, 5.41) is 11.0. The van der Waals surface area contributed by atoms with E-state index in [-0.39, 0.29) is 46.3 Å². The third kappa shape index (κ3) is 2.88. The minimum atomic E-state index is -1.29. The summed E-state index contributed by atoms with van der Waals surface area (Å²) in [4.78, 5) is 11.0. The molecule has 5 rings (SSSR count). The molecule has 116 valence electrons. The molecule has 0 aromatic heterocycles. The van der Waals surface area contributed by atoms with E-state index in [1.165, 1.54) is 24.8 Å². The largest absolute Gasteiger partial charge is 1.00 e. The summed E-state index contributed by atoms with van der Waals surface area (Å²) in [7, 11) is 0. The number of ether oxygens (including phenoxy) is 1. The summed E-state index contributed by atoms with van der Waals surface area (Å²) < 4.78 is 5.90. The van der Waals surface area contributed by atoms with Crippen LogP contribution in [0.4, 0.5) is 0 Å². The molecular formula is C19H21NaO3. The molecular weight excluding hydrogens is 299 g/mol. The van der Waals surface area contributed by atoms with Crippen LogP contribution in [0.1, 0.15) is 44.1 Å². The Bertz CT molecular complexity index is 611. The van der Waals surface area contributed by atoms with E-state index in [4.69, 9.17) is 4.74 Å². The molecule has 4 atom stereocenters. The molecule has 4 bridgehead atoms. The molecule has 0 heterocycles. The Balaban J connectivity index is 0.00000156. The summed E-state index contributed by atoms with van der Waals surface area (Å²) in [6.45, 7) is 3.54. The number of carbonyl (C=O) groups is 1. The Kier molecular flexibility index (Phi) is 4.41. The average Bonchev–Trinajstić information content (AvgIpc) is 2.46. The van der Waals surface area contributed by atoms with Crippen LogP contribution in [0.3, 0.4) is 0 Å². The zero-order valence-electron chi connectivity index (χ0n) is 13.7. The van der Waals surface area contributed by atoms with Crippen molar-refractivity contribution >= 4 is 5.97 Å². The number of aliphatic carboxylic acids is 1. The van der Waals surface area contributed by atoms with Crippen molar-refractivity contribution in [3.63, 3.8) is 0 Å². The Morgan fingerprint density at radius 3 is 2.30 bits per heavy atom. The molecule has 1 aromatic rings. The molecule has 0 saturated heterocycles. The normalized spacial score (nSPS) is 37.0. The van der Waals surface area contributed by atoms with Crippen molar-refractivity contribution in [1.29, 1.82) is 0 Å². The van der Waals surface area contributed by atoms with Crippen LogP contribution in [0.2, 0.25) is 0 Å². The molecule has 4 heteroatoms. The first kappa shape index (κ1) is 17.1. The van der Waals surface area contributed by atoms with Gasteiger partial charge >= 0.3 is 29.6 Å². The second kappa shape index (κ2) is 5.94. The monoisotopic (exact) mass is 320 g/mol. The fourth-order valence-electron chi connectivity index (χ4n) is 5.73. The third-order valence-corrected chi connectivity index (χ3v) is 5.96. The van der Waals surface area contributed by atoms with E-state index >= 15 is 0 Å². The minimum Gasteiger partial charge on any atom is -0.542 e.